The average Bonchev–Trinajstić information content (AvgIpc) is 2.72. The van der Waals surface area contributed by atoms with Crippen molar-refractivity contribution in [3.05, 3.63) is 102 Å². The standard InChI is InChI=1S/C27H30N2O2/c1-20(28-26(30)31-27(2,3)4)18-21-12-11-17-24(19-21)29-25(22-13-7-5-8-14-22)23-15-9-6-10-16-23/h5-17,19-20H,18H2,1-4H3,(H,28,30). The van der Waals surface area contributed by atoms with Crippen LogP contribution in [0.2, 0.25) is 0 Å². The van der Waals surface area contributed by atoms with Crippen LogP contribution in [-0.2, 0) is 11.2 Å². The summed E-state index contributed by atoms with van der Waals surface area (Å²) in [5.74, 6) is 0. The van der Waals surface area contributed by atoms with Crippen molar-refractivity contribution in [2.75, 3.05) is 0 Å². The van der Waals surface area contributed by atoms with Crippen LogP contribution in [0.3, 0.4) is 0 Å². The number of carbonyl (C=O) groups excluding carboxylic acids is 1. The number of benzene rings is 3. The summed E-state index contributed by atoms with van der Waals surface area (Å²) in [6.45, 7) is 7.54. The molecule has 4 heteroatoms. The molecule has 3 aromatic carbocycles. The summed E-state index contributed by atoms with van der Waals surface area (Å²) in [4.78, 5) is 17.0. The van der Waals surface area contributed by atoms with E-state index < -0.39 is 11.7 Å². The Bertz CT molecular complexity index is 980. The number of hydrogen-bond acceptors (Lipinski definition) is 3. The van der Waals surface area contributed by atoms with Crippen LogP contribution in [0.25, 0.3) is 0 Å². The molecule has 0 aliphatic heterocycles. The van der Waals surface area contributed by atoms with Crippen molar-refractivity contribution in [1.82, 2.24) is 5.32 Å². The minimum absolute atomic E-state index is 0.0585. The maximum absolute atomic E-state index is 12.0. The first-order valence-electron chi connectivity index (χ1n) is 10.6. The van der Waals surface area contributed by atoms with Crippen LogP contribution in [0.4, 0.5) is 10.5 Å². The van der Waals surface area contributed by atoms with Crippen molar-refractivity contribution in [2.45, 2.75) is 45.8 Å². The quantitative estimate of drug-likeness (QED) is 0.480. The number of hydrogen-bond donors (Lipinski definition) is 1. The topological polar surface area (TPSA) is 50.7 Å². The van der Waals surface area contributed by atoms with E-state index in [0.29, 0.717) is 6.42 Å². The van der Waals surface area contributed by atoms with Crippen LogP contribution < -0.4 is 5.32 Å². The highest BCUT2D eigenvalue weighted by atomic mass is 16.6. The normalized spacial score (nSPS) is 12.0. The number of aliphatic imine (C=N–C) groups is 1. The number of nitrogens with zero attached hydrogens (tertiary/aromatic N) is 1. The molecule has 160 valence electrons. The Balaban J connectivity index is 1.81. The molecule has 1 unspecified atom stereocenters. The van der Waals surface area contributed by atoms with Gasteiger partial charge in [-0.25, -0.2) is 9.79 Å². The van der Waals surface area contributed by atoms with E-state index in [-0.39, 0.29) is 6.04 Å². The predicted octanol–water partition coefficient (Wildman–Crippen LogP) is 6.31. The van der Waals surface area contributed by atoms with Gasteiger partial charge in [-0.15, -0.1) is 0 Å². The Morgan fingerprint density at radius 2 is 1.48 bits per heavy atom. The monoisotopic (exact) mass is 414 g/mol. The van der Waals surface area contributed by atoms with Gasteiger partial charge in [-0.2, -0.15) is 0 Å². The molecule has 0 aliphatic rings. The summed E-state index contributed by atoms with van der Waals surface area (Å²) < 4.78 is 5.35. The van der Waals surface area contributed by atoms with Gasteiger partial charge in [0.25, 0.3) is 0 Å². The lowest BCUT2D eigenvalue weighted by Gasteiger charge is -2.22. The number of ether oxygens (including phenoxy) is 1. The van der Waals surface area contributed by atoms with E-state index in [1.54, 1.807) is 0 Å². The van der Waals surface area contributed by atoms with E-state index in [2.05, 4.69) is 41.7 Å². The fraction of sp³-hybridized carbons (Fsp3) is 0.259. The van der Waals surface area contributed by atoms with Gasteiger partial charge in [0.2, 0.25) is 0 Å². The summed E-state index contributed by atoms with van der Waals surface area (Å²) in [6, 6.07) is 28.5. The number of carbonyl (C=O) groups is 1. The highest BCUT2D eigenvalue weighted by Crippen LogP contribution is 2.20. The van der Waals surface area contributed by atoms with Gasteiger partial charge < -0.3 is 10.1 Å². The van der Waals surface area contributed by atoms with E-state index in [1.807, 2.05) is 76.2 Å². The molecular formula is C27H30N2O2. The molecule has 0 bridgehead atoms. The molecule has 31 heavy (non-hydrogen) atoms. The van der Waals surface area contributed by atoms with Crippen molar-refractivity contribution in [3.8, 4) is 0 Å². The largest absolute Gasteiger partial charge is 0.444 e. The minimum atomic E-state index is -0.510. The molecule has 1 atom stereocenters. The van der Waals surface area contributed by atoms with Crippen molar-refractivity contribution in [1.29, 1.82) is 0 Å². The molecule has 1 N–H and O–H groups in total. The lowest BCUT2D eigenvalue weighted by molar-refractivity contribution is 0.0508. The Morgan fingerprint density at radius 3 is 2.03 bits per heavy atom. The first-order valence-corrected chi connectivity index (χ1v) is 10.6. The average molecular weight is 415 g/mol. The van der Waals surface area contributed by atoms with Gasteiger partial charge in [-0.1, -0.05) is 72.8 Å². The first kappa shape index (κ1) is 22.3. The minimum Gasteiger partial charge on any atom is -0.444 e. The zero-order valence-electron chi connectivity index (χ0n) is 18.6. The fourth-order valence-electron chi connectivity index (χ4n) is 3.28. The lowest BCUT2D eigenvalue weighted by atomic mass is 10.0. The second-order valence-electron chi connectivity index (χ2n) is 8.61. The van der Waals surface area contributed by atoms with Gasteiger partial charge >= 0.3 is 6.09 Å². The molecule has 0 aromatic heterocycles. The fourth-order valence-corrected chi connectivity index (χ4v) is 3.28. The van der Waals surface area contributed by atoms with E-state index in [9.17, 15) is 4.79 Å². The van der Waals surface area contributed by atoms with E-state index in [1.165, 1.54) is 0 Å². The zero-order chi connectivity index (χ0) is 22.3. The maximum Gasteiger partial charge on any atom is 0.407 e. The van der Waals surface area contributed by atoms with Gasteiger partial charge in [-0.3, -0.25) is 0 Å². The number of rotatable bonds is 6. The van der Waals surface area contributed by atoms with Crippen LogP contribution in [0.15, 0.2) is 89.9 Å². The van der Waals surface area contributed by atoms with E-state index in [4.69, 9.17) is 9.73 Å². The van der Waals surface area contributed by atoms with Crippen LogP contribution in [0.5, 0.6) is 0 Å². The molecule has 0 heterocycles. The molecule has 0 saturated heterocycles. The second-order valence-corrected chi connectivity index (χ2v) is 8.61. The molecule has 0 spiro atoms. The van der Waals surface area contributed by atoms with Gasteiger partial charge in [0.15, 0.2) is 0 Å². The summed E-state index contributed by atoms with van der Waals surface area (Å²) in [6.07, 6.45) is 0.291. The molecule has 0 fully saturated rings. The highest BCUT2D eigenvalue weighted by molar-refractivity contribution is 6.13. The van der Waals surface area contributed by atoms with Gasteiger partial charge in [0.1, 0.15) is 5.60 Å². The van der Waals surface area contributed by atoms with E-state index >= 15 is 0 Å². The summed E-state index contributed by atoms with van der Waals surface area (Å²) in [5.41, 5.74) is 4.54. The number of alkyl carbamates (subject to hydrolysis) is 1. The molecular weight excluding hydrogens is 384 g/mol. The van der Waals surface area contributed by atoms with Crippen LogP contribution >= 0.6 is 0 Å². The van der Waals surface area contributed by atoms with Gasteiger partial charge in [0.05, 0.1) is 11.4 Å². The third-order valence-corrected chi connectivity index (χ3v) is 4.55. The van der Waals surface area contributed by atoms with Crippen LogP contribution in [0.1, 0.15) is 44.4 Å². The highest BCUT2D eigenvalue weighted by Gasteiger charge is 2.17. The Labute approximate surface area is 185 Å². The molecule has 1 amide bonds. The molecule has 3 aromatic rings. The molecule has 0 saturated carbocycles. The summed E-state index contributed by atoms with van der Waals surface area (Å²) in [5, 5.41) is 2.90. The van der Waals surface area contributed by atoms with Crippen molar-refractivity contribution >= 4 is 17.5 Å². The van der Waals surface area contributed by atoms with Crippen molar-refractivity contribution in [3.63, 3.8) is 0 Å². The lowest BCUT2D eigenvalue weighted by Crippen LogP contribution is -2.38. The summed E-state index contributed by atoms with van der Waals surface area (Å²) in [7, 11) is 0. The Morgan fingerprint density at radius 1 is 0.903 bits per heavy atom. The number of amides is 1. The third kappa shape index (κ3) is 7.10. The van der Waals surface area contributed by atoms with Gasteiger partial charge in [-0.05, 0) is 51.8 Å². The van der Waals surface area contributed by atoms with Crippen molar-refractivity contribution in [2.24, 2.45) is 4.99 Å². The van der Waals surface area contributed by atoms with Crippen LogP contribution in [-0.4, -0.2) is 23.4 Å². The number of nitrogens with one attached hydrogen (secondary N) is 1. The molecule has 4 nitrogen and oxygen atoms in total. The van der Waals surface area contributed by atoms with Crippen molar-refractivity contribution < 1.29 is 9.53 Å². The summed E-state index contributed by atoms with van der Waals surface area (Å²) >= 11 is 0. The zero-order valence-corrected chi connectivity index (χ0v) is 18.6. The molecule has 3 rings (SSSR count). The van der Waals surface area contributed by atoms with E-state index in [0.717, 1.165) is 28.1 Å². The SMILES string of the molecule is CC(Cc1cccc(N=C(c2ccccc2)c2ccccc2)c1)NC(=O)OC(C)(C)C. The molecule has 0 aliphatic carbocycles. The van der Waals surface area contributed by atoms with Crippen LogP contribution in [0, 0.1) is 0 Å². The van der Waals surface area contributed by atoms with Gasteiger partial charge in [0, 0.05) is 17.2 Å². The smallest absolute Gasteiger partial charge is 0.407 e. The predicted molar refractivity (Wildman–Crippen MR) is 127 cm³/mol. The Kier molecular flexibility index (Phi) is 7.24. The Hall–Kier alpha value is -3.40. The maximum atomic E-state index is 12.0. The molecule has 0 radical (unpaired) electrons. The first-order chi connectivity index (χ1) is 14.8. The third-order valence-electron chi connectivity index (χ3n) is 4.55. The second kappa shape index (κ2) is 10.1.